The maximum atomic E-state index is 12.8. The minimum atomic E-state index is 0. The molecule has 6 nitrogen and oxygen atoms in total. The number of likely N-dealkylation sites (tertiary alicyclic amines) is 1. The molecular formula is C24H40IN5O. The van der Waals surface area contributed by atoms with Crippen molar-refractivity contribution in [3.05, 3.63) is 35.4 Å². The number of hydrogen-bond donors (Lipinski definition) is 2. The van der Waals surface area contributed by atoms with Crippen molar-refractivity contribution in [2.45, 2.75) is 64.6 Å². The number of nitrogens with zero attached hydrogens (tertiary/aromatic N) is 3. The van der Waals surface area contributed by atoms with Gasteiger partial charge in [0.2, 0.25) is 5.91 Å². The summed E-state index contributed by atoms with van der Waals surface area (Å²) in [5.41, 5.74) is 2.57. The average Bonchev–Trinajstić information content (AvgIpc) is 3.21. The zero-order valence-electron chi connectivity index (χ0n) is 19.4. The highest BCUT2D eigenvalue weighted by atomic mass is 127. The summed E-state index contributed by atoms with van der Waals surface area (Å²) >= 11 is 0. The Morgan fingerprint density at radius 1 is 1.13 bits per heavy atom. The number of carbonyl (C=O) groups is 1. The molecular weight excluding hydrogens is 501 g/mol. The summed E-state index contributed by atoms with van der Waals surface area (Å²) in [6, 6.07) is 8.78. The highest BCUT2D eigenvalue weighted by molar-refractivity contribution is 14.0. The molecule has 31 heavy (non-hydrogen) atoms. The van der Waals surface area contributed by atoms with Crippen LogP contribution in [0.25, 0.3) is 0 Å². The lowest BCUT2D eigenvalue weighted by Crippen LogP contribution is -2.45. The molecule has 3 rings (SSSR count). The van der Waals surface area contributed by atoms with E-state index in [2.05, 4.69) is 65.7 Å². The molecule has 1 atom stereocenters. The van der Waals surface area contributed by atoms with Gasteiger partial charge in [0.1, 0.15) is 0 Å². The smallest absolute Gasteiger partial charge is 0.225 e. The van der Waals surface area contributed by atoms with Crippen molar-refractivity contribution in [1.29, 1.82) is 0 Å². The first kappa shape index (κ1) is 25.9. The fourth-order valence-corrected chi connectivity index (χ4v) is 4.57. The first-order valence-electron chi connectivity index (χ1n) is 11.6. The van der Waals surface area contributed by atoms with E-state index in [9.17, 15) is 4.79 Å². The van der Waals surface area contributed by atoms with Crippen molar-refractivity contribution >= 4 is 35.8 Å². The van der Waals surface area contributed by atoms with Crippen LogP contribution in [0.5, 0.6) is 0 Å². The van der Waals surface area contributed by atoms with Crippen molar-refractivity contribution in [3.8, 4) is 0 Å². The van der Waals surface area contributed by atoms with Crippen LogP contribution in [0.4, 0.5) is 0 Å². The van der Waals surface area contributed by atoms with E-state index in [0.717, 1.165) is 51.4 Å². The molecule has 0 radical (unpaired) electrons. The van der Waals surface area contributed by atoms with Gasteiger partial charge in [-0.2, -0.15) is 0 Å². The third kappa shape index (κ3) is 7.93. The largest absolute Gasteiger partial charge is 0.357 e. The standard InChI is InChI=1S/C24H39N5O.HI/c1-4-25-24(26-16-20-12-8-9-13-21(20)17-28(2)3)27-22-14-15-29(18-22)23(30)19-10-6-5-7-11-19;/h8-9,12-13,19,22H,4-7,10-11,14-18H2,1-3H3,(H2,25,26,27);1H. The second-order valence-electron chi connectivity index (χ2n) is 8.95. The minimum Gasteiger partial charge on any atom is -0.357 e. The molecule has 0 bridgehead atoms. The molecule has 1 saturated heterocycles. The maximum absolute atomic E-state index is 12.8. The van der Waals surface area contributed by atoms with Crippen LogP contribution < -0.4 is 10.6 Å². The molecule has 2 aliphatic rings. The topological polar surface area (TPSA) is 60.0 Å². The normalized spacial score (nSPS) is 19.9. The SMILES string of the molecule is CCNC(=NCc1ccccc1CN(C)C)NC1CCN(C(=O)C2CCCCC2)C1.I. The number of carbonyl (C=O) groups excluding carboxylic acids is 1. The second-order valence-corrected chi connectivity index (χ2v) is 8.95. The summed E-state index contributed by atoms with van der Waals surface area (Å²) in [6.45, 7) is 6.12. The van der Waals surface area contributed by atoms with Gasteiger partial charge in [0.05, 0.1) is 6.54 Å². The average molecular weight is 542 g/mol. The molecule has 1 aromatic carbocycles. The quantitative estimate of drug-likeness (QED) is 0.315. The van der Waals surface area contributed by atoms with E-state index in [1.165, 1.54) is 30.4 Å². The van der Waals surface area contributed by atoms with E-state index in [-0.39, 0.29) is 35.9 Å². The number of hydrogen-bond acceptors (Lipinski definition) is 3. The molecule has 1 aliphatic carbocycles. The lowest BCUT2D eigenvalue weighted by molar-refractivity contribution is -0.135. The lowest BCUT2D eigenvalue weighted by atomic mass is 9.88. The van der Waals surface area contributed by atoms with Gasteiger partial charge in [0.25, 0.3) is 0 Å². The van der Waals surface area contributed by atoms with Crippen LogP contribution in [-0.4, -0.2) is 61.4 Å². The fourth-order valence-electron chi connectivity index (χ4n) is 4.57. The third-order valence-corrected chi connectivity index (χ3v) is 6.15. The molecule has 174 valence electrons. The van der Waals surface area contributed by atoms with Gasteiger partial charge in [-0.3, -0.25) is 4.79 Å². The number of halogens is 1. The zero-order chi connectivity index (χ0) is 21.3. The van der Waals surface area contributed by atoms with E-state index in [1.54, 1.807) is 0 Å². The van der Waals surface area contributed by atoms with E-state index in [1.807, 2.05) is 0 Å². The number of aliphatic imine (C=N–C) groups is 1. The highest BCUT2D eigenvalue weighted by Gasteiger charge is 2.31. The van der Waals surface area contributed by atoms with Gasteiger partial charge in [-0.15, -0.1) is 24.0 Å². The van der Waals surface area contributed by atoms with Gasteiger partial charge in [0, 0.05) is 38.1 Å². The Labute approximate surface area is 205 Å². The number of nitrogens with one attached hydrogen (secondary N) is 2. The van der Waals surface area contributed by atoms with Crippen molar-refractivity contribution in [2.24, 2.45) is 10.9 Å². The Bertz CT molecular complexity index is 718. The van der Waals surface area contributed by atoms with Crippen LogP contribution in [0.1, 0.15) is 56.6 Å². The second kappa shape index (κ2) is 13.3. The number of guanidine groups is 1. The van der Waals surface area contributed by atoms with E-state index in [4.69, 9.17) is 4.99 Å². The lowest BCUT2D eigenvalue weighted by Gasteiger charge is -2.26. The van der Waals surface area contributed by atoms with E-state index < -0.39 is 0 Å². The van der Waals surface area contributed by atoms with Crippen LogP contribution >= 0.6 is 24.0 Å². The van der Waals surface area contributed by atoms with Crippen LogP contribution in [0.2, 0.25) is 0 Å². The van der Waals surface area contributed by atoms with Crippen molar-refractivity contribution in [1.82, 2.24) is 20.4 Å². The van der Waals surface area contributed by atoms with Crippen LogP contribution in [0, 0.1) is 5.92 Å². The number of benzene rings is 1. The molecule has 0 aromatic heterocycles. The monoisotopic (exact) mass is 541 g/mol. The molecule has 1 saturated carbocycles. The Morgan fingerprint density at radius 3 is 2.52 bits per heavy atom. The predicted molar refractivity (Wildman–Crippen MR) is 139 cm³/mol. The zero-order valence-corrected chi connectivity index (χ0v) is 21.7. The van der Waals surface area contributed by atoms with Gasteiger partial charge < -0.3 is 20.4 Å². The fraction of sp³-hybridized carbons (Fsp3) is 0.667. The number of amides is 1. The summed E-state index contributed by atoms with van der Waals surface area (Å²) in [7, 11) is 4.18. The van der Waals surface area contributed by atoms with Gasteiger partial charge in [-0.25, -0.2) is 4.99 Å². The van der Waals surface area contributed by atoms with Gasteiger partial charge in [-0.05, 0) is 51.4 Å². The van der Waals surface area contributed by atoms with Crippen LogP contribution in [0.3, 0.4) is 0 Å². The Morgan fingerprint density at radius 2 is 1.84 bits per heavy atom. The summed E-state index contributed by atoms with van der Waals surface area (Å²) < 4.78 is 0. The molecule has 7 heteroatoms. The predicted octanol–water partition coefficient (Wildman–Crippen LogP) is 3.60. The molecule has 1 heterocycles. The first-order chi connectivity index (χ1) is 14.6. The molecule has 1 unspecified atom stereocenters. The summed E-state index contributed by atoms with van der Waals surface area (Å²) in [5.74, 6) is 1.47. The summed E-state index contributed by atoms with van der Waals surface area (Å²) in [6.07, 6.45) is 6.83. The minimum absolute atomic E-state index is 0. The van der Waals surface area contributed by atoms with E-state index >= 15 is 0 Å². The van der Waals surface area contributed by atoms with Crippen molar-refractivity contribution in [2.75, 3.05) is 33.7 Å². The molecule has 1 aliphatic heterocycles. The Balaban J connectivity index is 0.00000341. The first-order valence-corrected chi connectivity index (χ1v) is 11.6. The molecule has 2 N–H and O–H groups in total. The molecule has 0 spiro atoms. The van der Waals surface area contributed by atoms with Gasteiger partial charge >= 0.3 is 0 Å². The van der Waals surface area contributed by atoms with Crippen molar-refractivity contribution in [3.63, 3.8) is 0 Å². The van der Waals surface area contributed by atoms with Crippen LogP contribution in [0.15, 0.2) is 29.3 Å². The molecule has 1 amide bonds. The maximum Gasteiger partial charge on any atom is 0.225 e. The highest BCUT2D eigenvalue weighted by Crippen LogP contribution is 2.26. The van der Waals surface area contributed by atoms with Crippen molar-refractivity contribution < 1.29 is 4.79 Å². The van der Waals surface area contributed by atoms with Gasteiger partial charge in [0.15, 0.2) is 5.96 Å². The summed E-state index contributed by atoms with van der Waals surface area (Å²) in [4.78, 5) is 21.9. The van der Waals surface area contributed by atoms with E-state index in [0.29, 0.717) is 12.5 Å². The van der Waals surface area contributed by atoms with Crippen LogP contribution in [-0.2, 0) is 17.9 Å². The summed E-state index contributed by atoms with van der Waals surface area (Å²) in [5, 5.41) is 6.94. The molecule has 1 aromatic rings. The Hall–Kier alpha value is -1.35. The van der Waals surface area contributed by atoms with Gasteiger partial charge in [-0.1, -0.05) is 43.5 Å². The molecule has 2 fully saturated rings. The third-order valence-electron chi connectivity index (χ3n) is 6.15. The number of rotatable bonds is 7. The Kier molecular flexibility index (Phi) is 11.1.